The molecule has 0 aromatic heterocycles. The monoisotopic (exact) mass is 475 g/mol. The van der Waals surface area contributed by atoms with Gasteiger partial charge in [-0.3, -0.25) is 19.2 Å². The third-order valence-electron chi connectivity index (χ3n) is 5.18. The van der Waals surface area contributed by atoms with Gasteiger partial charge in [-0.1, -0.05) is 20.3 Å². The first-order valence-corrected chi connectivity index (χ1v) is 10.9. The van der Waals surface area contributed by atoms with Gasteiger partial charge in [0.25, 0.3) is 0 Å². The maximum absolute atomic E-state index is 12.8. The van der Waals surface area contributed by atoms with Gasteiger partial charge in [0.05, 0.1) is 12.6 Å². The Morgan fingerprint density at radius 1 is 0.879 bits per heavy atom. The van der Waals surface area contributed by atoms with Gasteiger partial charge < -0.3 is 42.7 Å². The lowest BCUT2D eigenvalue weighted by Gasteiger charge is -2.27. The van der Waals surface area contributed by atoms with Gasteiger partial charge >= 0.3 is 11.9 Å². The molecule has 5 atom stereocenters. The Labute approximate surface area is 192 Å². The van der Waals surface area contributed by atoms with E-state index in [0.717, 1.165) is 0 Å². The minimum absolute atomic E-state index is 0.167. The van der Waals surface area contributed by atoms with Crippen molar-refractivity contribution in [1.82, 2.24) is 16.0 Å². The number of unbranched alkanes of at least 4 members (excludes halogenated alkanes) is 1. The molecule has 0 heterocycles. The van der Waals surface area contributed by atoms with Gasteiger partial charge in [0.2, 0.25) is 17.7 Å². The van der Waals surface area contributed by atoms with Crippen LogP contribution in [0.1, 0.15) is 52.4 Å². The number of aliphatic carboxylic acids is 2. The second kappa shape index (κ2) is 15.9. The minimum atomic E-state index is -1.44. The molecule has 0 saturated carbocycles. The van der Waals surface area contributed by atoms with Gasteiger partial charge in [-0.05, 0) is 38.1 Å². The molecule has 13 nitrogen and oxygen atoms in total. The van der Waals surface area contributed by atoms with Crippen LogP contribution in [0.2, 0.25) is 0 Å². The molecule has 10 N–H and O–H groups in total. The Morgan fingerprint density at radius 3 is 1.97 bits per heavy atom. The number of carbonyl (C=O) groups is 5. The van der Waals surface area contributed by atoms with Crippen molar-refractivity contribution in [2.75, 3.05) is 13.2 Å². The molecular formula is C20H37N5O8. The number of hydrogen-bond acceptors (Lipinski definition) is 8. The van der Waals surface area contributed by atoms with Gasteiger partial charge in [-0.2, -0.15) is 0 Å². The Balaban J connectivity index is 5.23. The fourth-order valence-electron chi connectivity index (χ4n) is 2.85. The third-order valence-corrected chi connectivity index (χ3v) is 5.18. The van der Waals surface area contributed by atoms with Crippen molar-refractivity contribution in [3.63, 3.8) is 0 Å². The number of nitrogens with two attached hydrogens (primary N) is 2. The van der Waals surface area contributed by atoms with E-state index in [4.69, 9.17) is 16.6 Å². The lowest BCUT2D eigenvalue weighted by molar-refractivity contribution is -0.143. The van der Waals surface area contributed by atoms with E-state index in [1.165, 1.54) is 0 Å². The van der Waals surface area contributed by atoms with Crippen molar-refractivity contribution in [3.8, 4) is 0 Å². The molecule has 0 aliphatic heterocycles. The highest BCUT2D eigenvalue weighted by atomic mass is 16.4. The van der Waals surface area contributed by atoms with Crippen molar-refractivity contribution in [2.24, 2.45) is 17.4 Å². The van der Waals surface area contributed by atoms with E-state index in [9.17, 15) is 34.2 Å². The zero-order valence-electron chi connectivity index (χ0n) is 19.1. The fourth-order valence-corrected chi connectivity index (χ4v) is 2.85. The number of hydrogen-bond donors (Lipinski definition) is 8. The van der Waals surface area contributed by atoms with Gasteiger partial charge in [-0.25, -0.2) is 4.79 Å². The molecule has 190 valence electrons. The van der Waals surface area contributed by atoms with Gasteiger partial charge in [0, 0.05) is 6.42 Å². The molecule has 0 aromatic carbocycles. The first kappa shape index (κ1) is 30.2. The summed E-state index contributed by atoms with van der Waals surface area (Å²) >= 11 is 0. The van der Waals surface area contributed by atoms with Gasteiger partial charge in [-0.15, -0.1) is 0 Å². The van der Waals surface area contributed by atoms with Crippen LogP contribution in [0.4, 0.5) is 0 Å². The Hall–Kier alpha value is -2.77. The molecule has 0 bridgehead atoms. The van der Waals surface area contributed by atoms with E-state index < -0.39 is 60.4 Å². The summed E-state index contributed by atoms with van der Waals surface area (Å²) in [6.45, 7) is 3.05. The first-order chi connectivity index (χ1) is 15.5. The molecule has 0 spiro atoms. The summed E-state index contributed by atoms with van der Waals surface area (Å²) < 4.78 is 0. The summed E-state index contributed by atoms with van der Waals surface area (Å²) in [5, 5.41) is 34.7. The minimum Gasteiger partial charge on any atom is -0.481 e. The number of aliphatic hydroxyl groups excluding tert-OH is 1. The van der Waals surface area contributed by atoms with Crippen LogP contribution in [0.5, 0.6) is 0 Å². The van der Waals surface area contributed by atoms with Crippen LogP contribution in [-0.4, -0.2) is 82.3 Å². The number of amides is 3. The normalized spacial score (nSPS) is 15.4. The molecule has 0 rings (SSSR count). The molecule has 0 aromatic rings. The molecular weight excluding hydrogens is 438 g/mol. The predicted molar refractivity (Wildman–Crippen MR) is 118 cm³/mol. The average Bonchev–Trinajstić information content (AvgIpc) is 2.77. The summed E-state index contributed by atoms with van der Waals surface area (Å²) in [5.74, 6) is -5.16. The van der Waals surface area contributed by atoms with E-state index in [-0.39, 0.29) is 25.2 Å². The summed E-state index contributed by atoms with van der Waals surface area (Å²) in [5.41, 5.74) is 11.0. The van der Waals surface area contributed by atoms with Crippen molar-refractivity contribution < 1.29 is 39.3 Å². The van der Waals surface area contributed by atoms with Crippen LogP contribution in [-0.2, 0) is 24.0 Å². The SMILES string of the molecule is CCC(C)C(NC(=O)C(CO)NC(=O)C(N)CCC(=O)O)C(=O)NC(CCCCN)C(=O)O. The molecule has 0 fully saturated rings. The Morgan fingerprint density at radius 2 is 1.48 bits per heavy atom. The Kier molecular flexibility index (Phi) is 14.6. The van der Waals surface area contributed by atoms with Gasteiger partial charge in [0.1, 0.15) is 18.1 Å². The van der Waals surface area contributed by atoms with Crippen LogP contribution in [0.3, 0.4) is 0 Å². The van der Waals surface area contributed by atoms with E-state index >= 15 is 0 Å². The van der Waals surface area contributed by atoms with E-state index in [1.807, 2.05) is 0 Å². The summed E-state index contributed by atoms with van der Waals surface area (Å²) in [6, 6.07) is -4.92. The highest BCUT2D eigenvalue weighted by molar-refractivity contribution is 5.94. The maximum atomic E-state index is 12.8. The standard InChI is InChI=1S/C20H37N5O8/c1-3-11(2)16(19(31)23-13(20(32)33)6-4-5-9-21)25-18(30)14(10-26)24-17(29)12(22)7-8-15(27)28/h11-14,16,26H,3-10,21-22H2,1-2H3,(H,23,31)(H,24,29)(H,25,30)(H,27,28)(H,32,33). The number of carbonyl (C=O) groups excluding carboxylic acids is 3. The van der Waals surface area contributed by atoms with Crippen molar-refractivity contribution in [1.29, 1.82) is 0 Å². The van der Waals surface area contributed by atoms with Crippen LogP contribution in [0, 0.1) is 5.92 Å². The van der Waals surface area contributed by atoms with E-state index in [2.05, 4.69) is 16.0 Å². The average molecular weight is 476 g/mol. The second-order valence-corrected chi connectivity index (χ2v) is 7.84. The summed E-state index contributed by atoms with van der Waals surface area (Å²) in [6.07, 6.45) is 1.21. The Bertz CT molecular complexity index is 675. The summed E-state index contributed by atoms with van der Waals surface area (Å²) in [7, 11) is 0. The highest BCUT2D eigenvalue weighted by Gasteiger charge is 2.32. The van der Waals surface area contributed by atoms with Crippen LogP contribution in [0.25, 0.3) is 0 Å². The quantitative estimate of drug-likeness (QED) is 0.106. The molecule has 0 saturated heterocycles. The third kappa shape index (κ3) is 11.6. The van der Waals surface area contributed by atoms with Crippen molar-refractivity contribution in [3.05, 3.63) is 0 Å². The van der Waals surface area contributed by atoms with Gasteiger partial charge in [0.15, 0.2) is 0 Å². The predicted octanol–water partition coefficient (Wildman–Crippen LogP) is -2.12. The van der Waals surface area contributed by atoms with Crippen LogP contribution in [0.15, 0.2) is 0 Å². The number of aliphatic hydroxyl groups is 1. The van der Waals surface area contributed by atoms with Crippen molar-refractivity contribution >= 4 is 29.7 Å². The lowest BCUT2D eigenvalue weighted by Crippen LogP contribution is -2.59. The van der Waals surface area contributed by atoms with Crippen LogP contribution < -0.4 is 27.4 Å². The zero-order valence-corrected chi connectivity index (χ0v) is 19.1. The second-order valence-electron chi connectivity index (χ2n) is 7.84. The molecule has 3 amide bonds. The summed E-state index contributed by atoms with van der Waals surface area (Å²) in [4.78, 5) is 59.6. The molecule has 13 heteroatoms. The number of nitrogens with one attached hydrogen (secondary N) is 3. The lowest BCUT2D eigenvalue weighted by atomic mass is 9.97. The topological polar surface area (TPSA) is 234 Å². The molecule has 0 radical (unpaired) electrons. The fraction of sp³-hybridized carbons (Fsp3) is 0.750. The molecule has 0 aliphatic rings. The first-order valence-electron chi connectivity index (χ1n) is 10.9. The molecule has 33 heavy (non-hydrogen) atoms. The number of carboxylic acid groups (broad SMARTS) is 2. The number of rotatable bonds is 17. The van der Waals surface area contributed by atoms with Crippen LogP contribution >= 0.6 is 0 Å². The van der Waals surface area contributed by atoms with Crippen molar-refractivity contribution in [2.45, 2.75) is 76.5 Å². The molecule has 0 aliphatic carbocycles. The maximum Gasteiger partial charge on any atom is 0.326 e. The largest absolute Gasteiger partial charge is 0.481 e. The zero-order chi connectivity index (χ0) is 25.6. The van der Waals surface area contributed by atoms with E-state index in [0.29, 0.717) is 25.8 Å². The highest BCUT2D eigenvalue weighted by Crippen LogP contribution is 2.10. The number of carboxylic acids is 2. The van der Waals surface area contributed by atoms with E-state index in [1.54, 1.807) is 13.8 Å². The molecule has 5 unspecified atom stereocenters. The smallest absolute Gasteiger partial charge is 0.326 e.